The monoisotopic (exact) mass is 250 g/mol. The molecule has 0 aliphatic rings. The van der Waals surface area contributed by atoms with Crippen LogP contribution in [0.2, 0.25) is 0 Å². The van der Waals surface area contributed by atoms with E-state index in [-0.39, 0.29) is 10.6 Å². The summed E-state index contributed by atoms with van der Waals surface area (Å²) in [7, 11) is 0. The zero-order valence-electron chi connectivity index (χ0n) is 9.08. The van der Waals surface area contributed by atoms with Crippen LogP contribution in [0.4, 0.5) is 0 Å². The molecule has 0 unspecified atom stereocenters. The number of pyridine rings is 1. The Balaban J connectivity index is 2.28. The molecule has 0 aliphatic carbocycles. The summed E-state index contributed by atoms with van der Waals surface area (Å²) in [5.74, 6) is -1.04. The minimum Gasteiger partial charge on any atom is -0.476 e. The zero-order valence-corrected chi connectivity index (χ0v) is 9.90. The van der Waals surface area contributed by atoms with Crippen molar-refractivity contribution in [3.8, 4) is 0 Å². The fourth-order valence-corrected chi connectivity index (χ4v) is 2.08. The van der Waals surface area contributed by atoms with Crippen molar-refractivity contribution < 1.29 is 9.90 Å². The molecule has 0 atom stereocenters. The van der Waals surface area contributed by atoms with Crippen LogP contribution >= 0.6 is 11.3 Å². The lowest BCUT2D eigenvalue weighted by atomic mass is 10.3. The summed E-state index contributed by atoms with van der Waals surface area (Å²) < 4.78 is 1.51. The maximum Gasteiger partial charge on any atom is 0.365 e. The SMILES string of the molecule is Cc1cccn(Cc2csc(C(=O)O)n2)c1=O. The molecule has 5 nitrogen and oxygen atoms in total. The quantitative estimate of drug-likeness (QED) is 0.892. The molecule has 2 heterocycles. The molecule has 0 fully saturated rings. The van der Waals surface area contributed by atoms with Crippen LogP contribution in [0.1, 0.15) is 21.1 Å². The van der Waals surface area contributed by atoms with Crippen molar-refractivity contribution in [3.63, 3.8) is 0 Å². The summed E-state index contributed by atoms with van der Waals surface area (Å²) in [4.78, 5) is 26.3. The molecule has 0 aliphatic heterocycles. The normalized spacial score (nSPS) is 10.4. The number of carbonyl (C=O) groups is 1. The Bertz CT molecular complexity index is 615. The van der Waals surface area contributed by atoms with E-state index in [1.165, 1.54) is 4.57 Å². The predicted octanol–water partition coefficient (Wildman–Crippen LogP) is 1.36. The number of carboxylic acids is 1. The van der Waals surface area contributed by atoms with Crippen molar-refractivity contribution in [2.75, 3.05) is 0 Å². The molecule has 0 bridgehead atoms. The van der Waals surface area contributed by atoms with Crippen LogP contribution in [0.25, 0.3) is 0 Å². The number of hydrogen-bond donors (Lipinski definition) is 1. The highest BCUT2D eigenvalue weighted by molar-refractivity contribution is 7.11. The van der Waals surface area contributed by atoms with Crippen LogP contribution in [0, 0.1) is 6.92 Å². The fourth-order valence-electron chi connectivity index (χ4n) is 1.43. The van der Waals surface area contributed by atoms with Crippen LogP contribution in [0.5, 0.6) is 0 Å². The Morgan fingerprint density at radius 1 is 1.59 bits per heavy atom. The molecule has 0 aromatic carbocycles. The summed E-state index contributed by atoms with van der Waals surface area (Å²) in [5, 5.41) is 10.4. The van der Waals surface area contributed by atoms with Gasteiger partial charge in [-0.2, -0.15) is 0 Å². The average Bonchev–Trinajstić information content (AvgIpc) is 2.73. The van der Waals surface area contributed by atoms with E-state index in [4.69, 9.17) is 5.11 Å². The molecule has 6 heteroatoms. The summed E-state index contributed by atoms with van der Waals surface area (Å²) in [5.41, 5.74) is 1.15. The molecule has 0 spiro atoms. The Kier molecular flexibility index (Phi) is 3.06. The Morgan fingerprint density at radius 2 is 2.35 bits per heavy atom. The summed E-state index contributed by atoms with van der Waals surface area (Å²) in [6, 6.07) is 3.52. The van der Waals surface area contributed by atoms with Crippen molar-refractivity contribution in [1.82, 2.24) is 9.55 Å². The van der Waals surface area contributed by atoms with Gasteiger partial charge in [0.2, 0.25) is 5.01 Å². The first-order valence-corrected chi connectivity index (χ1v) is 5.79. The minimum absolute atomic E-state index is 0.0423. The van der Waals surface area contributed by atoms with Gasteiger partial charge < -0.3 is 9.67 Å². The molecule has 2 rings (SSSR count). The van der Waals surface area contributed by atoms with Crippen molar-refractivity contribution in [2.45, 2.75) is 13.5 Å². The van der Waals surface area contributed by atoms with E-state index in [0.717, 1.165) is 11.3 Å². The first-order chi connectivity index (χ1) is 8.08. The van der Waals surface area contributed by atoms with Crippen molar-refractivity contribution in [1.29, 1.82) is 0 Å². The molecule has 17 heavy (non-hydrogen) atoms. The second-order valence-electron chi connectivity index (χ2n) is 3.57. The summed E-state index contributed by atoms with van der Waals surface area (Å²) in [6.07, 6.45) is 1.66. The van der Waals surface area contributed by atoms with Gasteiger partial charge in [0.25, 0.3) is 5.56 Å². The van der Waals surface area contributed by atoms with E-state index in [1.807, 2.05) is 0 Å². The van der Waals surface area contributed by atoms with Gasteiger partial charge in [-0.1, -0.05) is 6.07 Å². The molecule has 0 radical (unpaired) electrons. The Hall–Kier alpha value is -1.95. The number of nitrogens with zero attached hydrogens (tertiary/aromatic N) is 2. The van der Waals surface area contributed by atoms with Crippen LogP contribution in [0.15, 0.2) is 28.5 Å². The highest BCUT2D eigenvalue weighted by atomic mass is 32.1. The van der Waals surface area contributed by atoms with Crippen LogP contribution in [-0.4, -0.2) is 20.6 Å². The first-order valence-electron chi connectivity index (χ1n) is 4.91. The molecule has 0 amide bonds. The van der Waals surface area contributed by atoms with Gasteiger partial charge >= 0.3 is 5.97 Å². The zero-order chi connectivity index (χ0) is 12.4. The largest absolute Gasteiger partial charge is 0.476 e. The van der Waals surface area contributed by atoms with Crippen LogP contribution in [-0.2, 0) is 6.54 Å². The number of carboxylic acid groups (broad SMARTS) is 1. The highest BCUT2D eigenvalue weighted by Crippen LogP contribution is 2.10. The molecule has 0 saturated heterocycles. The molecule has 88 valence electrons. The van der Waals surface area contributed by atoms with Gasteiger partial charge in [0.05, 0.1) is 12.2 Å². The first kappa shape index (κ1) is 11.5. The lowest BCUT2D eigenvalue weighted by molar-refractivity contribution is 0.0696. The highest BCUT2D eigenvalue weighted by Gasteiger charge is 2.09. The fraction of sp³-hybridized carbons (Fsp3) is 0.182. The van der Waals surface area contributed by atoms with Gasteiger partial charge in [-0.05, 0) is 13.0 Å². The number of aromatic nitrogens is 2. The third kappa shape index (κ3) is 2.42. The number of aromatic carboxylic acids is 1. The van der Waals surface area contributed by atoms with E-state index < -0.39 is 5.97 Å². The molecule has 1 N–H and O–H groups in total. The van der Waals surface area contributed by atoms with Gasteiger partial charge in [0.1, 0.15) is 0 Å². The van der Waals surface area contributed by atoms with E-state index in [0.29, 0.717) is 17.8 Å². The molecule has 2 aromatic rings. The number of thiazole rings is 1. The van der Waals surface area contributed by atoms with Gasteiger partial charge in [-0.3, -0.25) is 4.79 Å². The van der Waals surface area contributed by atoms with Crippen LogP contribution < -0.4 is 5.56 Å². The molecule has 0 saturated carbocycles. The summed E-state index contributed by atoms with van der Waals surface area (Å²) in [6.45, 7) is 2.03. The smallest absolute Gasteiger partial charge is 0.365 e. The minimum atomic E-state index is -1.04. The average molecular weight is 250 g/mol. The van der Waals surface area contributed by atoms with Gasteiger partial charge in [0, 0.05) is 17.1 Å². The number of aryl methyl sites for hydroxylation is 1. The molecular weight excluding hydrogens is 240 g/mol. The number of rotatable bonds is 3. The number of hydrogen-bond acceptors (Lipinski definition) is 4. The third-order valence-electron chi connectivity index (χ3n) is 2.28. The van der Waals surface area contributed by atoms with Gasteiger partial charge in [-0.15, -0.1) is 11.3 Å². The van der Waals surface area contributed by atoms with Crippen LogP contribution in [0.3, 0.4) is 0 Å². The molecule has 2 aromatic heterocycles. The van der Waals surface area contributed by atoms with Crippen molar-refractivity contribution >= 4 is 17.3 Å². The third-order valence-corrected chi connectivity index (χ3v) is 3.16. The lowest BCUT2D eigenvalue weighted by Gasteiger charge is -2.03. The van der Waals surface area contributed by atoms with E-state index in [2.05, 4.69) is 4.98 Å². The molecular formula is C11H10N2O3S. The van der Waals surface area contributed by atoms with Crippen molar-refractivity contribution in [2.24, 2.45) is 0 Å². The van der Waals surface area contributed by atoms with E-state index >= 15 is 0 Å². The lowest BCUT2D eigenvalue weighted by Crippen LogP contribution is -2.21. The van der Waals surface area contributed by atoms with Gasteiger partial charge in [-0.25, -0.2) is 9.78 Å². The van der Waals surface area contributed by atoms with Crippen molar-refractivity contribution in [3.05, 3.63) is 50.3 Å². The standard InChI is InChI=1S/C11H10N2O3S/c1-7-3-2-4-13(10(7)14)5-8-6-17-9(12-8)11(15)16/h2-4,6H,5H2,1H3,(H,15,16). The Morgan fingerprint density at radius 3 is 3.00 bits per heavy atom. The second-order valence-corrected chi connectivity index (χ2v) is 4.43. The van der Waals surface area contributed by atoms with Gasteiger partial charge in [0.15, 0.2) is 0 Å². The topological polar surface area (TPSA) is 72.2 Å². The summed E-state index contributed by atoms with van der Waals surface area (Å²) >= 11 is 1.06. The van der Waals surface area contributed by atoms with E-state index in [9.17, 15) is 9.59 Å². The maximum absolute atomic E-state index is 11.7. The maximum atomic E-state index is 11.7. The second kappa shape index (κ2) is 4.50. The predicted molar refractivity (Wildman–Crippen MR) is 63.6 cm³/mol. The van der Waals surface area contributed by atoms with E-state index in [1.54, 1.807) is 30.6 Å². The Labute approximate surface area is 101 Å².